The Labute approximate surface area is 75.2 Å². The standard InChI is InChI=1S/C11H20O/c1-3-10(6-4-5-7-10)11(12)8-9(11)2/h9,12H,3-8H2,1-2H3. The van der Waals surface area contributed by atoms with Crippen LogP contribution in [0.15, 0.2) is 0 Å². The van der Waals surface area contributed by atoms with Crippen molar-refractivity contribution >= 4 is 0 Å². The van der Waals surface area contributed by atoms with Gasteiger partial charge in [-0.2, -0.15) is 0 Å². The first-order valence-electron chi connectivity index (χ1n) is 5.37. The summed E-state index contributed by atoms with van der Waals surface area (Å²) in [6.45, 7) is 4.43. The zero-order chi connectivity index (χ0) is 8.82. The smallest absolute Gasteiger partial charge is 0.0733 e. The lowest BCUT2D eigenvalue weighted by Gasteiger charge is -2.34. The van der Waals surface area contributed by atoms with Gasteiger partial charge >= 0.3 is 0 Å². The Bertz CT molecular complexity index is 181. The van der Waals surface area contributed by atoms with Crippen LogP contribution in [-0.4, -0.2) is 10.7 Å². The molecule has 2 saturated carbocycles. The summed E-state index contributed by atoms with van der Waals surface area (Å²) in [6, 6.07) is 0. The van der Waals surface area contributed by atoms with Crippen molar-refractivity contribution in [3.05, 3.63) is 0 Å². The molecule has 70 valence electrons. The second-order valence-corrected chi connectivity index (χ2v) is 4.87. The zero-order valence-corrected chi connectivity index (χ0v) is 8.27. The number of hydrogen-bond donors (Lipinski definition) is 1. The van der Waals surface area contributed by atoms with Crippen LogP contribution in [0.2, 0.25) is 0 Å². The maximum Gasteiger partial charge on any atom is 0.0733 e. The third-order valence-electron chi connectivity index (χ3n) is 4.43. The molecule has 1 nitrogen and oxygen atoms in total. The van der Waals surface area contributed by atoms with Crippen LogP contribution in [0.4, 0.5) is 0 Å². The molecule has 0 radical (unpaired) electrons. The number of aliphatic hydroxyl groups is 1. The van der Waals surface area contributed by atoms with Crippen LogP contribution in [0.25, 0.3) is 0 Å². The summed E-state index contributed by atoms with van der Waals surface area (Å²) in [5.41, 5.74) is 0.0463. The van der Waals surface area contributed by atoms with Crippen molar-refractivity contribution < 1.29 is 5.11 Å². The molecule has 1 N–H and O–H groups in total. The van der Waals surface area contributed by atoms with Gasteiger partial charge in [-0.25, -0.2) is 0 Å². The average molecular weight is 168 g/mol. The lowest BCUT2D eigenvalue weighted by Crippen LogP contribution is -2.35. The maximum atomic E-state index is 10.3. The Hall–Kier alpha value is -0.0400. The van der Waals surface area contributed by atoms with E-state index in [1.165, 1.54) is 32.1 Å². The van der Waals surface area contributed by atoms with Crippen molar-refractivity contribution in [2.75, 3.05) is 0 Å². The van der Waals surface area contributed by atoms with Gasteiger partial charge in [0.25, 0.3) is 0 Å². The van der Waals surface area contributed by atoms with E-state index >= 15 is 0 Å². The molecule has 2 rings (SSSR count). The van der Waals surface area contributed by atoms with Crippen molar-refractivity contribution in [3.63, 3.8) is 0 Å². The molecule has 2 fully saturated rings. The Morgan fingerprint density at radius 3 is 2.17 bits per heavy atom. The summed E-state index contributed by atoms with van der Waals surface area (Å²) in [5.74, 6) is 0.565. The highest BCUT2D eigenvalue weighted by Crippen LogP contribution is 2.62. The van der Waals surface area contributed by atoms with E-state index in [-0.39, 0.29) is 5.60 Å². The Kier molecular flexibility index (Phi) is 1.76. The van der Waals surface area contributed by atoms with Gasteiger partial charge in [0.2, 0.25) is 0 Å². The Balaban J connectivity index is 2.17. The van der Waals surface area contributed by atoms with Crippen molar-refractivity contribution in [3.8, 4) is 0 Å². The fraction of sp³-hybridized carbons (Fsp3) is 1.00. The minimum atomic E-state index is -0.266. The zero-order valence-electron chi connectivity index (χ0n) is 8.27. The average Bonchev–Trinajstić information content (AvgIpc) is 2.58. The van der Waals surface area contributed by atoms with Crippen LogP contribution < -0.4 is 0 Å². The van der Waals surface area contributed by atoms with E-state index < -0.39 is 0 Å². The van der Waals surface area contributed by atoms with E-state index in [9.17, 15) is 5.11 Å². The van der Waals surface area contributed by atoms with Gasteiger partial charge in [-0.1, -0.05) is 26.7 Å². The molecule has 0 heterocycles. The first-order chi connectivity index (χ1) is 5.65. The highest BCUT2D eigenvalue weighted by Gasteiger charge is 2.62. The maximum absolute atomic E-state index is 10.3. The summed E-state index contributed by atoms with van der Waals surface area (Å²) < 4.78 is 0. The van der Waals surface area contributed by atoms with Crippen LogP contribution in [0, 0.1) is 11.3 Å². The molecule has 0 aliphatic heterocycles. The Morgan fingerprint density at radius 2 is 1.83 bits per heavy atom. The summed E-state index contributed by atoms with van der Waals surface area (Å²) in [7, 11) is 0. The second kappa shape index (κ2) is 2.47. The van der Waals surface area contributed by atoms with Gasteiger partial charge in [0.05, 0.1) is 5.60 Å². The molecular weight excluding hydrogens is 148 g/mol. The molecule has 0 aromatic carbocycles. The second-order valence-electron chi connectivity index (χ2n) is 4.87. The minimum absolute atomic E-state index is 0.266. The SMILES string of the molecule is CCC1(C2(O)CC2C)CCCC1. The van der Waals surface area contributed by atoms with E-state index in [0.29, 0.717) is 11.3 Å². The summed E-state index contributed by atoms with van der Waals surface area (Å²) in [5, 5.41) is 10.3. The normalized spacial score (nSPS) is 44.8. The van der Waals surface area contributed by atoms with Crippen LogP contribution in [-0.2, 0) is 0 Å². The predicted octanol–water partition coefficient (Wildman–Crippen LogP) is 2.73. The summed E-state index contributed by atoms with van der Waals surface area (Å²) >= 11 is 0. The van der Waals surface area contributed by atoms with Crippen molar-refractivity contribution in [2.45, 2.75) is 58.0 Å². The van der Waals surface area contributed by atoms with Crippen molar-refractivity contribution in [1.29, 1.82) is 0 Å². The van der Waals surface area contributed by atoms with E-state index in [1.807, 2.05) is 0 Å². The summed E-state index contributed by atoms with van der Waals surface area (Å²) in [6.07, 6.45) is 7.44. The van der Waals surface area contributed by atoms with Crippen LogP contribution in [0.3, 0.4) is 0 Å². The number of rotatable bonds is 2. The van der Waals surface area contributed by atoms with Gasteiger partial charge in [-0.3, -0.25) is 0 Å². The van der Waals surface area contributed by atoms with E-state index in [1.54, 1.807) is 0 Å². The predicted molar refractivity (Wildman–Crippen MR) is 49.9 cm³/mol. The quantitative estimate of drug-likeness (QED) is 0.672. The van der Waals surface area contributed by atoms with Gasteiger partial charge in [0, 0.05) is 0 Å². The van der Waals surface area contributed by atoms with Crippen LogP contribution >= 0.6 is 0 Å². The van der Waals surface area contributed by atoms with Crippen molar-refractivity contribution in [2.24, 2.45) is 11.3 Å². The fourth-order valence-corrected chi connectivity index (χ4v) is 3.29. The number of hydrogen-bond acceptors (Lipinski definition) is 1. The molecule has 0 aromatic heterocycles. The lowest BCUT2D eigenvalue weighted by molar-refractivity contribution is -0.0110. The molecule has 2 atom stereocenters. The van der Waals surface area contributed by atoms with Gasteiger partial charge in [0.1, 0.15) is 0 Å². The monoisotopic (exact) mass is 168 g/mol. The topological polar surface area (TPSA) is 20.2 Å². The molecule has 0 saturated heterocycles. The Morgan fingerprint density at radius 1 is 1.33 bits per heavy atom. The highest BCUT2D eigenvalue weighted by atomic mass is 16.3. The molecule has 0 spiro atoms. The van der Waals surface area contributed by atoms with E-state index in [2.05, 4.69) is 13.8 Å². The largest absolute Gasteiger partial charge is 0.389 e. The lowest BCUT2D eigenvalue weighted by atomic mass is 9.75. The molecule has 0 bridgehead atoms. The van der Waals surface area contributed by atoms with Crippen LogP contribution in [0.1, 0.15) is 52.4 Å². The van der Waals surface area contributed by atoms with Crippen molar-refractivity contribution in [1.82, 2.24) is 0 Å². The van der Waals surface area contributed by atoms with E-state index in [4.69, 9.17) is 0 Å². The third kappa shape index (κ3) is 0.891. The minimum Gasteiger partial charge on any atom is -0.389 e. The van der Waals surface area contributed by atoms with E-state index in [0.717, 1.165) is 6.42 Å². The van der Waals surface area contributed by atoms with Crippen LogP contribution in [0.5, 0.6) is 0 Å². The molecular formula is C11H20O. The molecule has 2 aliphatic carbocycles. The third-order valence-corrected chi connectivity index (χ3v) is 4.43. The summed E-state index contributed by atoms with van der Waals surface area (Å²) in [4.78, 5) is 0. The van der Waals surface area contributed by atoms with Gasteiger partial charge < -0.3 is 5.11 Å². The van der Waals surface area contributed by atoms with Gasteiger partial charge in [0.15, 0.2) is 0 Å². The molecule has 1 heteroatoms. The molecule has 2 unspecified atom stereocenters. The molecule has 12 heavy (non-hydrogen) atoms. The van der Waals surface area contributed by atoms with Gasteiger partial charge in [-0.05, 0) is 37.0 Å². The molecule has 2 aliphatic rings. The first-order valence-corrected chi connectivity index (χ1v) is 5.37. The van der Waals surface area contributed by atoms with Gasteiger partial charge in [-0.15, -0.1) is 0 Å². The fourth-order valence-electron chi connectivity index (χ4n) is 3.29. The molecule has 0 aromatic rings. The highest BCUT2D eigenvalue weighted by molar-refractivity contribution is 5.13. The first kappa shape index (κ1) is 8.55. The molecule has 0 amide bonds.